The predicted molar refractivity (Wildman–Crippen MR) is 165 cm³/mol. The average molecular weight is 572 g/mol. The number of benzene rings is 2. The number of aromatic nitrogens is 1. The molecule has 0 spiro atoms. The van der Waals surface area contributed by atoms with E-state index in [0.29, 0.717) is 25.8 Å². The minimum absolute atomic E-state index is 0. The standard InChI is InChI=1S/C32H45N3O4.ClH/c1-5-9-22-12-14-27-25(18-22)26-19-23(13-15-28(26)34-27)17-21(3)31(37)35-29(11-7-8-16-33)30(36)20-24(10-6-2)32(38)39-4;/h12-15,18-19,21,24,29,34H,5-11,16-17,20,33H2,1-4H3,(H,35,37);1H/t21?,24-,29-;/m1./s1. The number of ketones is 1. The minimum atomic E-state index is -0.636. The van der Waals surface area contributed by atoms with Crippen molar-refractivity contribution in [1.82, 2.24) is 10.3 Å². The molecule has 0 saturated carbocycles. The average Bonchev–Trinajstić information content (AvgIpc) is 3.29. The Balaban J connectivity index is 0.00000560. The molecule has 3 aromatic rings. The number of nitrogens with two attached hydrogens (primary N) is 1. The minimum Gasteiger partial charge on any atom is -0.469 e. The Kier molecular flexibility index (Phi) is 13.6. The lowest BCUT2D eigenvalue weighted by molar-refractivity contribution is -0.147. The molecule has 40 heavy (non-hydrogen) atoms. The van der Waals surface area contributed by atoms with Gasteiger partial charge in [0.25, 0.3) is 0 Å². The molecule has 8 heteroatoms. The van der Waals surface area contributed by atoms with Gasteiger partial charge in [-0.3, -0.25) is 14.4 Å². The molecule has 1 aromatic heterocycles. The number of halogens is 1. The summed E-state index contributed by atoms with van der Waals surface area (Å²) in [6, 6.07) is 12.2. The number of hydrogen-bond donors (Lipinski definition) is 3. The number of hydrogen-bond acceptors (Lipinski definition) is 5. The van der Waals surface area contributed by atoms with Gasteiger partial charge in [0.2, 0.25) is 5.91 Å². The van der Waals surface area contributed by atoms with Gasteiger partial charge in [-0.15, -0.1) is 12.4 Å². The summed E-state index contributed by atoms with van der Waals surface area (Å²) in [6.07, 6.45) is 6.14. The number of amides is 1. The normalized spacial score (nSPS) is 13.4. The molecule has 4 N–H and O–H groups in total. The van der Waals surface area contributed by atoms with Gasteiger partial charge in [0.05, 0.1) is 19.1 Å². The summed E-state index contributed by atoms with van der Waals surface area (Å²) in [5.74, 6) is -1.46. The monoisotopic (exact) mass is 571 g/mol. The first-order chi connectivity index (χ1) is 18.8. The first kappa shape index (κ1) is 33.3. The first-order valence-corrected chi connectivity index (χ1v) is 14.4. The first-order valence-electron chi connectivity index (χ1n) is 14.4. The number of carbonyl (C=O) groups excluding carboxylic acids is 3. The van der Waals surface area contributed by atoms with Gasteiger partial charge >= 0.3 is 5.97 Å². The summed E-state index contributed by atoms with van der Waals surface area (Å²) in [5, 5.41) is 5.36. The van der Waals surface area contributed by atoms with Gasteiger partial charge in [0.15, 0.2) is 5.78 Å². The van der Waals surface area contributed by atoms with Gasteiger partial charge < -0.3 is 20.8 Å². The van der Waals surface area contributed by atoms with E-state index in [4.69, 9.17) is 10.5 Å². The summed E-state index contributed by atoms with van der Waals surface area (Å²) in [4.78, 5) is 42.1. The van der Waals surface area contributed by atoms with Crippen LogP contribution in [0.4, 0.5) is 0 Å². The zero-order valence-corrected chi connectivity index (χ0v) is 25.2. The van der Waals surface area contributed by atoms with E-state index in [1.165, 1.54) is 18.1 Å². The molecule has 0 fully saturated rings. The van der Waals surface area contributed by atoms with Crippen LogP contribution in [-0.2, 0) is 32.0 Å². The smallest absolute Gasteiger partial charge is 0.309 e. The molecule has 1 amide bonds. The number of nitrogens with one attached hydrogen (secondary N) is 2. The van der Waals surface area contributed by atoms with Crippen LogP contribution < -0.4 is 11.1 Å². The number of carbonyl (C=O) groups is 3. The Morgan fingerprint density at radius 1 is 0.950 bits per heavy atom. The van der Waals surface area contributed by atoms with Gasteiger partial charge in [-0.1, -0.05) is 45.7 Å². The highest BCUT2D eigenvalue weighted by molar-refractivity contribution is 6.07. The third-order valence-electron chi connectivity index (χ3n) is 7.53. The maximum absolute atomic E-state index is 13.3. The molecule has 0 aliphatic heterocycles. The fourth-order valence-electron chi connectivity index (χ4n) is 5.33. The lowest BCUT2D eigenvalue weighted by Gasteiger charge is -2.22. The summed E-state index contributed by atoms with van der Waals surface area (Å²) in [6.45, 7) is 6.58. The summed E-state index contributed by atoms with van der Waals surface area (Å²) >= 11 is 0. The highest BCUT2D eigenvalue weighted by Crippen LogP contribution is 2.28. The fraction of sp³-hybridized carbons (Fsp3) is 0.531. The summed E-state index contributed by atoms with van der Waals surface area (Å²) in [5.41, 5.74) is 10.2. The van der Waals surface area contributed by atoms with Crippen LogP contribution in [-0.4, -0.2) is 42.3 Å². The molecule has 1 heterocycles. The molecular formula is C32H46ClN3O4. The zero-order valence-electron chi connectivity index (χ0n) is 24.4. The van der Waals surface area contributed by atoms with Crippen LogP contribution in [0.25, 0.3) is 21.8 Å². The molecule has 220 valence electrons. The van der Waals surface area contributed by atoms with Crippen molar-refractivity contribution in [2.45, 2.75) is 84.6 Å². The number of methoxy groups -OCH3 is 1. The number of unbranched alkanes of at least 4 members (excludes halogenated alkanes) is 1. The van der Waals surface area contributed by atoms with Crippen LogP contribution in [0.3, 0.4) is 0 Å². The second-order valence-electron chi connectivity index (χ2n) is 10.8. The van der Waals surface area contributed by atoms with Crippen molar-refractivity contribution >= 4 is 51.9 Å². The topological polar surface area (TPSA) is 114 Å². The molecule has 2 aromatic carbocycles. The molecule has 0 saturated heterocycles. The molecule has 3 atom stereocenters. The Labute approximate surface area is 244 Å². The van der Waals surface area contributed by atoms with Crippen LogP contribution in [0.1, 0.15) is 76.8 Å². The van der Waals surface area contributed by atoms with Crippen molar-refractivity contribution in [3.8, 4) is 0 Å². The van der Waals surface area contributed by atoms with Crippen LogP contribution >= 0.6 is 12.4 Å². The SMILES string of the molecule is CCCc1ccc2[nH]c3ccc(CC(C)C(=O)N[C@H](CCCCN)C(=O)C[C@@H](CCC)C(=O)OC)cc3c2c1.Cl. The van der Waals surface area contributed by atoms with Crippen molar-refractivity contribution in [1.29, 1.82) is 0 Å². The van der Waals surface area contributed by atoms with E-state index in [0.717, 1.165) is 54.1 Å². The number of rotatable bonds is 16. The Morgan fingerprint density at radius 3 is 2.20 bits per heavy atom. The van der Waals surface area contributed by atoms with Crippen molar-refractivity contribution in [3.63, 3.8) is 0 Å². The van der Waals surface area contributed by atoms with Gasteiger partial charge in [-0.05, 0) is 80.5 Å². The molecule has 0 bridgehead atoms. The number of H-pyrrole nitrogens is 1. The van der Waals surface area contributed by atoms with E-state index >= 15 is 0 Å². The molecule has 0 aliphatic rings. The van der Waals surface area contributed by atoms with Crippen LogP contribution in [0.15, 0.2) is 36.4 Å². The van der Waals surface area contributed by atoms with Crippen molar-refractivity contribution in [2.75, 3.05) is 13.7 Å². The number of aromatic amines is 1. The van der Waals surface area contributed by atoms with E-state index in [1.54, 1.807) is 0 Å². The van der Waals surface area contributed by atoms with E-state index in [1.807, 2.05) is 13.8 Å². The molecule has 0 aliphatic carbocycles. The highest BCUT2D eigenvalue weighted by Gasteiger charge is 2.28. The van der Waals surface area contributed by atoms with Crippen molar-refractivity contribution in [2.24, 2.45) is 17.6 Å². The van der Waals surface area contributed by atoms with E-state index in [2.05, 4.69) is 53.6 Å². The number of Topliss-reactive ketones (excluding diaryl/α,β-unsaturated/α-hetero) is 1. The predicted octanol–water partition coefficient (Wildman–Crippen LogP) is 6.04. The second-order valence-corrected chi connectivity index (χ2v) is 10.8. The number of esters is 1. The highest BCUT2D eigenvalue weighted by atomic mass is 35.5. The zero-order chi connectivity index (χ0) is 28.4. The molecular weight excluding hydrogens is 526 g/mol. The quantitative estimate of drug-likeness (QED) is 0.143. The second kappa shape index (κ2) is 16.4. The van der Waals surface area contributed by atoms with Crippen molar-refractivity contribution in [3.05, 3.63) is 47.5 Å². The van der Waals surface area contributed by atoms with E-state index in [9.17, 15) is 14.4 Å². The fourth-order valence-corrected chi connectivity index (χ4v) is 5.33. The molecule has 1 unspecified atom stereocenters. The van der Waals surface area contributed by atoms with Gasteiger partial charge in [-0.25, -0.2) is 0 Å². The lowest BCUT2D eigenvalue weighted by atomic mass is 9.92. The third-order valence-corrected chi connectivity index (χ3v) is 7.53. The van der Waals surface area contributed by atoms with Gasteiger partial charge in [-0.2, -0.15) is 0 Å². The molecule has 3 rings (SSSR count). The molecule has 7 nitrogen and oxygen atoms in total. The van der Waals surface area contributed by atoms with Crippen LogP contribution in [0.5, 0.6) is 0 Å². The van der Waals surface area contributed by atoms with Crippen LogP contribution in [0.2, 0.25) is 0 Å². The van der Waals surface area contributed by atoms with Crippen LogP contribution in [0, 0.1) is 11.8 Å². The molecule has 0 radical (unpaired) electrons. The van der Waals surface area contributed by atoms with Gasteiger partial charge in [0.1, 0.15) is 0 Å². The summed E-state index contributed by atoms with van der Waals surface area (Å²) in [7, 11) is 1.34. The number of aryl methyl sites for hydroxylation is 1. The maximum atomic E-state index is 13.3. The largest absolute Gasteiger partial charge is 0.469 e. The van der Waals surface area contributed by atoms with E-state index < -0.39 is 12.0 Å². The Morgan fingerprint density at radius 2 is 1.60 bits per heavy atom. The van der Waals surface area contributed by atoms with Gasteiger partial charge in [0, 0.05) is 34.1 Å². The summed E-state index contributed by atoms with van der Waals surface area (Å²) < 4.78 is 4.90. The third kappa shape index (κ3) is 8.80. The Bertz CT molecular complexity index is 1270. The Hall–Kier alpha value is -2.90. The number of fused-ring (bicyclic) bond motifs is 3. The maximum Gasteiger partial charge on any atom is 0.309 e. The van der Waals surface area contributed by atoms with Crippen molar-refractivity contribution < 1.29 is 19.1 Å². The lowest BCUT2D eigenvalue weighted by Crippen LogP contribution is -2.44. The van der Waals surface area contributed by atoms with E-state index in [-0.39, 0.29) is 42.4 Å². The number of ether oxygens (including phenoxy) is 1.